The molecule has 1 aliphatic carbocycles. The van der Waals surface area contributed by atoms with Gasteiger partial charge in [-0.3, -0.25) is 0 Å². The molecule has 0 saturated heterocycles. The predicted molar refractivity (Wildman–Crippen MR) is 204 cm³/mol. The van der Waals surface area contributed by atoms with Crippen LogP contribution in [0, 0.1) is 18.1 Å². The van der Waals surface area contributed by atoms with E-state index in [2.05, 4.69) is 102 Å². The van der Waals surface area contributed by atoms with Gasteiger partial charge in [-0.15, -0.1) is 59.7 Å². The van der Waals surface area contributed by atoms with Crippen molar-refractivity contribution in [3.63, 3.8) is 0 Å². The summed E-state index contributed by atoms with van der Waals surface area (Å²) < 4.78 is 20.0. The van der Waals surface area contributed by atoms with Crippen molar-refractivity contribution in [2.24, 2.45) is 5.92 Å². The van der Waals surface area contributed by atoms with Gasteiger partial charge in [-0.1, -0.05) is 117 Å². The van der Waals surface area contributed by atoms with Crippen molar-refractivity contribution in [2.75, 3.05) is 0 Å². The van der Waals surface area contributed by atoms with E-state index in [-0.39, 0.29) is 26.0 Å². The molecule has 48 heavy (non-hydrogen) atoms. The van der Waals surface area contributed by atoms with Crippen LogP contribution in [-0.4, -0.2) is 18.0 Å². The van der Waals surface area contributed by atoms with E-state index in [1.165, 1.54) is 31.8 Å². The normalized spacial score (nSPS) is 14.1. The Morgan fingerprint density at radius 2 is 1.58 bits per heavy atom. The van der Waals surface area contributed by atoms with Crippen LogP contribution < -0.4 is 5.19 Å². The van der Waals surface area contributed by atoms with E-state index >= 15 is 0 Å². The Hall–Kier alpha value is -3.73. The Labute approximate surface area is 306 Å². The van der Waals surface area contributed by atoms with Crippen LogP contribution in [0.25, 0.3) is 53.8 Å². The molecular weight excluding hydrogens is 797 g/mol. The molecule has 0 aliphatic heterocycles. The first-order valence-corrected chi connectivity index (χ1v) is 20.8. The summed E-state index contributed by atoms with van der Waals surface area (Å²) in [7, 11) is -1.23. The van der Waals surface area contributed by atoms with E-state index in [1.54, 1.807) is 17.5 Å². The first-order chi connectivity index (χ1) is 23.7. The second-order valence-corrected chi connectivity index (χ2v) is 19.4. The number of hydrogen-bond donors (Lipinski definition) is 0. The molecule has 5 heteroatoms. The van der Waals surface area contributed by atoms with E-state index in [4.69, 9.17) is 2.74 Å². The van der Waals surface area contributed by atoms with Gasteiger partial charge in [0.15, 0.2) is 0 Å². The molecule has 1 aliphatic rings. The van der Waals surface area contributed by atoms with Gasteiger partial charge in [0.2, 0.25) is 0 Å². The molecule has 7 aromatic rings. The van der Waals surface area contributed by atoms with Crippen molar-refractivity contribution in [3.05, 3.63) is 139 Å². The molecule has 0 spiro atoms. The fourth-order valence-electron chi connectivity index (χ4n) is 6.25. The summed E-state index contributed by atoms with van der Waals surface area (Å²) in [5.41, 5.74) is 6.98. The number of benzene rings is 4. The topological polar surface area (TPSA) is 25.8 Å². The third-order valence-corrected chi connectivity index (χ3v) is 12.1. The number of pyridine rings is 2. The zero-order valence-corrected chi connectivity index (χ0v) is 31.8. The molecule has 1 fully saturated rings. The molecule has 0 bridgehead atoms. The van der Waals surface area contributed by atoms with Gasteiger partial charge in [-0.25, -0.2) is 0 Å². The molecular formula is C43H40IrN2SSi-2. The predicted octanol–water partition coefficient (Wildman–Crippen LogP) is 11.4. The summed E-state index contributed by atoms with van der Waals surface area (Å²) in [4.78, 5) is 9.16. The zero-order valence-electron chi connectivity index (χ0n) is 29.6. The number of rotatable bonds is 6. The zero-order chi connectivity index (χ0) is 34.0. The SMILES string of the molecule is C[Si](C)(C)c1ccc(-c2[c-]cccc2)nc1.[2H]C([2H])(c1ccnc(-c2[c-]ccc3c2sc2cc(-c4ccccc4)ccc23)c1)C1CCCC1.[Ir]. The van der Waals surface area contributed by atoms with E-state index in [0.717, 1.165) is 58.5 Å². The molecule has 0 unspecified atom stereocenters. The fourth-order valence-corrected chi connectivity index (χ4v) is 8.54. The summed E-state index contributed by atoms with van der Waals surface area (Å²) >= 11 is 1.77. The van der Waals surface area contributed by atoms with Gasteiger partial charge in [0.1, 0.15) is 0 Å². The average Bonchev–Trinajstić information content (AvgIpc) is 3.82. The summed E-state index contributed by atoms with van der Waals surface area (Å²) in [6.07, 6.45) is 6.63. The van der Waals surface area contributed by atoms with Crippen LogP contribution in [0.2, 0.25) is 19.6 Å². The van der Waals surface area contributed by atoms with E-state index in [0.29, 0.717) is 0 Å². The standard InChI is InChI=1S/C29H24NS.C14H16NSi.Ir/c1-2-9-22(10-3-1)23-13-14-24-25-11-6-12-26(29(25)31-28(24)19-23)27-18-21(15-16-30-27)17-20-7-4-5-8-20;1-16(2,3)13-9-10-14(15-11-13)12-7-5-4-6-8-12;/h1-3,6,9-11,13-16,18-20H,4-5,7-8,17H2;4-7,9-11H,1-3H3;/q2*-1;/i17D2;;. The smallest absolute Gasteiger partial charge is 0.0795 e. The molecule has 243 valence electrons. The van der Waals surface area contributed by atoms with Gasteiger partial charge in [0, 0.05) is 39.9 Å². The summed E-state index contributed by atoms with van der Waals surface area (Å²) in [6, 6.07) is 43.9. The molecule has 0 amide bonds. The summed E-state index contributed by atoms with van der Waals surface area (Å²) in [6.45, 7) is 7.00. The molecule has 3 heterocycles. The van der Waals surface area contributed by atoms with Crippen LogP contribution in [0.1, 0.15) is 34.0 Å². The quantitative estimate of drug-likeness (QED) is 0.123. The first kappa shape index (κ1) is 31.5. The Balaban J connectivity index is 0.000000215. The minimum Gasteiger partial charge on any atom is -0.305 e. The largest absolute Gasteiger partial charge is 0.305 e. The molecule has 8 rings (SSSR count). The van der Waals surface area contributed by atoms with Crippen molar-refractivity contribution < 1.29 is 22.8 Å². The molecule has 1 saturated carbocycles. The Morgan fingerprint density at radius 3 is 2.31 bits per heavy atom. The minimum atomic E-state index is -1.33. The van der Waals surface area contributed by atoms with Crippen molar-refractivity contribution >= 4 is 44.8 Å². The van der Waals surface area contributed by atoms with Gasteiger partial charge >= 0.3 is 0 Å². The van der Waals surface area contributed by atoms with Crippen LogP contribution in [0.3, 0.4) is 0 Å². The molecule has 2 nitrogen and oxygen atoms in total. The number of hydrogen-bond acceptors (Lipinski definition) is 3. The molecule has 4 aromatic carbocycles. The second kappa shape index (κ2) is 15.2. The minimum absolute atomic E-state index is 0. The fraction of sp³-hybridized carbons (Fsp3) is 0.209. The number of thiophene rings is 1. The summed E-state index contributed by atoms with van der Waals surface area (Å²) in [5.74, 6) is 0.0910. The third-order valence-electron chi connectivity index (χ3n) is 8.90. The van der Waals surface area contributed by atoms with Crippen LogP contribution in [0.5, 0.6) is 0 Å². The Bertz CT molecular complexity index is 2190. The van der Waals surface area contributed by atoms with Crippen LogP contribution >= 0.6 is 11.3 Å². The maximum Gasteiger partial charge on any atom is 0.0795 e. The number of fused-ring (bicyclic) bond motifs is 3. The Kier molecular flexibility index (Phi) is 10.00. The van der Waals surface area contributed by atoms with Gasteiger partial charge in [-0.05, 0) is 62.2 Å². The second-order valence-electron chi connectivity index (χ2n) is 13.3. The van der Waals surface area contributed by atoms with E-state index < -0.39 is 14.4 Å². The van der Waals surface area contributed by atoms with E-state index in [9.17, 15) is 0 Å². The summed E-state index contributed by atoms with van der Waals surface area (Å²) in [5, 5.41) is 3.84. The van der Waals surface area contributed by atoms with Crippen LogP contribution in [-0.2, 0) is 26.5 Å². The van der Waals surface area contributed by atoms with Crippen molar-refractivity contribution in [3.8, 4) is 33.6 Å². The Morgan fingerprint density at radius 1 is 0.771 bits per heavy atom. The number of nitrogens with zero attached hydrogens (tertiary/aromatic N) is 2. The van der Waals surface area contributed by atoms with Gasteiger partial charge in [0.05, 0.1) is 8.07 Å². The molecule has 0 N–H and O–H groups in total. The van der Waals surface area contributed by atoms with Crippen LogP contribution in [0.4, 0.5) is 0 Å². The van der Waals surface area contributed by atoms with Crippen molar-refractivity contribution in [1.29, 1.82) is 0 Å². The van der Waals surface area contributed by atoms with Gasteiger partial charge < -0.3 is 9.97 Å². The monoisotopic (exact) mass is 839 g/mol. The molecule has 1 radical (unpaired) electrons. The third kappa shape index (κ3) is 7.77. The maximum absolute atomic E-state index is 8.81. The average molecular weight is 839 g/mol. The van der Waals surface area contributed by atoms with Crippen LogP contribution in [0.15, 0.2) is 122 Å². The number of aromatic nitrogens is 2. The molecule has 0 atom stereocenters. The van der Waals surface area contributed by atoms with Crippen molar-refractivity contribution in [2.45, 2.75) is 51.7 Å². The maximum atomic E-state index is 8.81. The molecule has 3 aromatic heterocycles. The van der Waals surface area contributed by atoms with E-state index in [1.807, 2.05) is 54.7 Å². The van der Waals surface area contributed by atoms with Gasteiger partial charge in [-0.2, -0.15) is 11.3 Å². The first-order valence-electron chi connectivity index (χ1n) is 17.5. The van der Waals surface area contributed by atoms with Gasteiger partial charge in [0.25, 0.3) is 0 Å². The van der Waals surface area contributed by atoms with Crippen molar-refractivity contribution in [1.82, 2.24) is 9.97 Å².